The zero-order valence-corrected chi connectivity index (χ0v) is 20.9. The first-order chi connectivity index (χ1) is 16.7. The Morgan fingerprint density at radius 2 is 1.57 bits per heavy atom. The Morgan fingerprint density at radius 1 is 0.886 bits per heavy atom. The maximum Gasteiger partial charge on any atom is 0.256 e. The summed E-state index contributed by atoms with van der Waals surface area (Å²) in [4.78, 5) is 40.8. The van der Waals surface area contributed by atoms with Crippen molar-refractivity contribution >= 4 is 40.9 Å². The van der Waals surface area contributed by atoms with Gasteiger partial charge in [0.25, 0.3) is 11.8 Å². The van der Waals surface area contributed by atoms with Crippen LogP contribution in [0.15, 0.2) is 77.7 Å². The van der Waals surface area contributed by atoms with Crippen LogP contribution in [0.3, 0.4) is 0 Å². The molecule has 3 amide bonds. The number of para-hydroxylation sites is 1. The highest BCUT2D eigenvalue weighted by atomic mass is 32.2. The van der Waals surface area contributed by atoms with Crippen LogP contribution in [0, 0.1) is 0 Å². The summed E-state index contributed by atoms with van der Waals surface area (Å²) < 4.78 is 0. The molecule has 35 heavy (non-hydrogen) atoms. The van der Waals surface area contributed by atoms with E-state index in [4.69, 9.17) is 0 Å². The Bertz CT molecular complexity index is 1250. The molecule has 0 aliphatic carbocycles. The van der Waals surface area contributed by atoms with Gasteiger partial charge in [-0.1, -0.05) is 30.3 Å². The molecule has 2 N–H and O–H groups in total. The van der Waals surface area contributed by atoms with Crippen LogP contribution in [0.25, 0.3) is 0 Å². The van der Waals surface area contributed by atoms with Crippen LogP contribution in [-0.4, -0.2) is 35.6 Å². The molecule has 1 aliphatic rings. The molecule has 0 radical (unpaired) electrons. The van der Waals surface area contributed by atoms with Crippen molar-refractivity contribution in [1.82, 2.24) is 5.32 Å². The van der Waals surface area contributed by atoms with Gasteiger partial charge in [0.1, 0.15) is 0 Å². The van der Waals surface area contributed by atoms with Gasteiger partial charge in [0.15, 0.2) is 0 Å². The minimum Gasteiger partial charge on any atom is -0.347 e. The molecule has 0 unspecified atom stereocenters. The van der Waals surface area contributed by atoms with Crippen molar-refractivity contribution < 1.29 is 14.4 Å². The molecule has 4 rings (SSSR count). The molecule has 3 aromatic rings. The van der Waals surface area contributed by atoms with Gasteiger partial charge in [0.05, 0.1) is 11.3 Å². The molecule has 7 heteroatoms. The largest absolute Gasteiger partial charge is 0.347 e. The molecule has 3 aromatic carbocycles. The van der Waals surface area contributed by atoms with Gasteiger partial charge in [-0.15, -0.1) is 11.8 Å². The summed E-state index contributed by atoms with van der Waals surface area (Å²) in [6.07, 6.45) is 0.863. The number of nitrogens with one attached hydrogen (secondary N) is 2. The number of rotatable bonds is 6. The van der Waals surface area contributed by atoms with Crippen molar-refractivity contribution in [2.45, 2.75) is 37.6 Å². The van der Waals surface area contributed by atoms with E-state index in [1.165, 1.54) is 17.3 Å². The second-order valence-corrected chi connectivity index (χ2v) is 10.5. The van der Waals surface area contributed by atoms with Gasteiger partial charge in [0, 0.05) is 33.9 Å². The van der Waals surface area contributed by atoms with Gasteiger partial charge < -0.3 is 15.5 Å². The first kappa shape index (κ1) is 24.5. The van der Waals surface area contributed by atoms with Gasteiger partial charge in [-0.05, 0) is 75.2 Å². The third kappa shape index (κ3) is 6.11. The molecule has 0 aromatic heterocycles. The molecule has 0 fully saturated rings. The predicted molar refractivity (Wildman–Crippen MR) is 141 cm³/mol. The van der Waals surface area contributed by atoms with Crippen LogP contribution in [0.1, 0.15) is 47.1 Å². The number of hydrogen-bond donors (Lipinski definition) is 2. The molecule has 0 saturated heterocycles. The third-order valence-electron chi connectivity index (χ3n) is 5.56. The molecule has 0 spiro atoms. The topological polar surface area (TPSA) is 78.5 Å². The summed E-state index contributed by atoms with van der Waals surface area (Å²) in [7, 11) is 0. The first-order valence-corrected chi connectivity index (χ1v) is 12.5. The quantitative estimate of drug-likeness (QED) is 0.472. The van der Waals surface area contributed by atoms with Gasteiger partial charge in [-0.2, -0.15) is 0 Å². The van der Waals surface area contributed by atoms with Crippen molar-refractivity contribution in [3.8, 4) is 0 Å². The van der Waals surface area contributed by atoms with E-state index in [9.17, 15) is 14.4 Å². The maximum absolute atomic E-state index is 13.0. The van der Waals surface area contributed by atoms with E-state index in [1.807, 2.05) is 56.0 Å². The summed E-state index contributed by atoms with van der Waals surface area (Å²) in [5.74, 6) is -0.156. The molecule has 0 saturated carbocycles. The van der Waals surface area contributed by atoms with Gasteiger partial charge in [0.2, 0.25) is 5.91 Å². The minimum atomic E-state index is -0.328. The third-order valence-corrected chi connectivity index (χ3v) is 6.62. The fraction of sp³-hybridized carbons (Fsp3) is 0.250. The molecule has 1 aliphatic heterocycles. The van der Waals surface area contributed by atoms with Crippen LogP contribution in [0.4, 0.5) is 11.4 Å². The predicted octanol–water partition coefficient (Wildman–Crippen LogP) is 5.15. The van der Waals surface area contributed by atoms with Crippen molar-refractivity contribution in [2.75, 3.05) is 22.5 Å². The molecule has 0 atom stereocenters. The summed E-state index contributed by atoms with van der Waals surface area (Å²) in [5.41, 5.74) is 3.45. The maximum atomic E-state index is 13.0. The number of carbonyl (C=O) groups excluding carboxylic acids is 3. The number of fused-ring (bicyclic) bond motifs is 1. The number of thioether (sulfide) groups is 1. The highest BCUT2D eigenvalue weighted by Gasteiger charge is 2.24. The van der Waals surface area contributed by atoms with E-state index in [0.717, 1.165) is 17.0 Å². The SMILES string of the molecule is CC(C)(C)NC(=O)c1ccc(NC(=O)c2ccccc2SCC(=O)N2CCc3ccccc32)cc1. The van der Waals surface area contributed by atoms with E-state index in [0.29, 0.717) is 23.4 Å². The molecular weight excluding hydrogens is 458 g/mol. The fourth-order valence-corrected chi connectivity index (χ4v) is 4.84. The summed E-state index contributed by atoms with van der Waals surface area (Å²) in [6, 6.07) is 22.0. The second-order valence-electron chi connectivity index (χ2n) is 9.44. The Kier molecular flexibility index (Phi) is 7.26. The van der Waals surface area contributed by atoms with Gasteiger partial charge >= 0.3 is 0 Å². The number of carbonyl (C=O) groups is 3. The summed E-state index contributed by atoms with van der Waals surface area (Å²) >= 11 is 1.36. The monoisotopic (exact) mass is 487 g/mol. The highest BCUT2D eigenvalue weighted by Crippen LogP contribution is 2.30. The zero-order valence-electron chi connectivity index (χ0n) is 20.1. The van der Waals surface area contributed by atoms with Crippen LogP contribution in [-0.2, 0) is 11.2 Å². The highest BCUT2D eigenvalue weighted by molar-refractivity contribution is 8.00. The molecule has 0 bridgehead atoms. The van der Waals surface area contributed by atoms with Crippen molar-refractivity contribution in [3.63, 3.8) is 0 Å². The van der Waals surface area contributed by atoms with Gasteiger partial charge in [-0.3, -0.25) is 14.4 Å². The standard InChI is InChI=1S/C28H29N3O3S/c1-28(2,3)30-26(33)20-12-14-21(15-13-20)29-27(34)22-9-5-7-11-24(22)35-18-25(32)31-17-16-19-8-4-6-10-23(19)31/h4-15H,16-18H2,1-3H3,(H,29,34)(H,30,33). The summed E-state index contributed by atoms with van der Waals surface area (Å²) in [5, 5.41) is 5.81. The van der Waals surface area contributed by atoms with Crippen LogP contribution in [0.5, 0.6) is 0 Å². The Morgan fingerprint density at radius 3 is 2.31 bits per heavy atom. The molecule has 1 heterocycles. The average molecular weight is 488 g/mol. The smallest absolute Gasteiger partial charge is 0.256 e. The Hall–Kier alpha value is -3.58. The number of benzene rings is 3. The van der Waals surface area contributed by atoms with Crippen LogP contribution >= 0.6 is 11.8 Å². The van der Waals surface area contributed by atoms with Crippen LogP contribution in [0.2, 0.25) is 0 Å². The van der Waals surface area contributed by atoms with E-state index in [-0.39, 0.29) is 29.0 Å². The summed E-state index contributed by atoms with van der Waals surface area (Å²) in [6.45, 7) is 6.45. The molecule has 180 valence electrons. The fourth-order valence-electron chi connectivity index (χ4n) is 3.91. The molecule has 6 nitrogen and oxygen atoms in total. The number of amides is 3. The van der Waals surface area contributed by atoms with E-state index in [1.54, 1.807) is 36.4 Å². The lowest BCUT2D eigenvalue weighted by atomic mass is 10.1. The van der Waals surface area contributed by atoms with Crippen molar-refractivity contribution in [3.05, 3.63) is 89.5 Å². The van der Waals surface area contributed by atoms with Gasteiger partial charge in [-0.25, -0.2) is 0 Å². The zero-order chi connectivity index (χ0) is 25.0. The van der Waals surface area contributed by atoms with Crippen molar-refractivity contribution in [1.29, 1.82) is 0 Å². The average Bonchev–Trinajstić information content (AvgIpc) is 3.26. The first-order valence-electron chi connectivity index (χ1n) is 11.6. The van der Waals surface area contributed by atoms with E-state index in [2.05, 4.69) is 16.7 Å². The second kappa shape index (κ2) is 10.4. The number of hydrogen-bond acceptors (Lipinski definition) is 4. The molecular formula is C28H29N3O3S. The lowest BCUT2D eigenvalue weighted by Gasteiger charge is -2.20. The van der Waals surface area contributed by atoms with Crippen LogP contribution < -0.4 is 15.5 Å². The Balaban J connectivity index is 1.39. The lowest BCUT2D eigenvalue weighted by Crippen LogP contribution is -2.40. The van der Waals surface area contributed by atoms with E-state index >= 15 is 0 Å². The lowest BCUT2D eigenvalue weighted by molar-refractivity contribution is -0.116. The number of anilines is 2. The normalized spacial score (nSPS) is 12.7. The number of nitrogens with zero attached hydrogens (tertiary/aromatic N) is 1. The van der Waals surface area contributed by atoms with Crippen molar-refractivity contribution in [2.24, 2.45) is 0 Å². The Labute approximate surface area is 210 Å². The van der Waals surface area contributed by atoms with E-state index < -0.39 is 0 Å². The minimum absolute atomic E-state index is 0.0271.